The summed E-state index contributed by atoms with van der Waals surface area (Å²) in [5.74, 6) is 2.29. The molecule has 0 spiro atoms. The van der Waals surface area contributed by atoms with Crippen LogP contribution in [-0.2, 0) is 11.2 Å². The van der Waals surface area contributed by atoms with Crippen molar-refractivity contribution in [2.45, 2.75) is 58.5 Å². The minimum absolute atomic E-state index is 0.304. The van der Waals surface area contributed by atoms with Crippen LogP contribution in [0.4, 0.5) is 0 Å². The van der Waals surface area contributed by atoms with Crippen molar-refractivity contribution in [3.8, 4) is 11.5 Å². The van der Waals surface area contributed by atoms with Crippen LogP contribution in [0.3, 0.4) is 0 Å². The molecule has 1 fully saturated rings. The second-order valence-corrected chi connectivity index (χ2v) is 8.71. The third kappa shape index (κ3) is 7.69. The Balaban J connectivity index is 1.54. The highest BCUT2D eigenvalue weighted by atomic mass is 32.1. The van der Waals surface area contributed by atoms with E-state index in [9.17, 15) is 0 Å². The number of thiocarbonyl (C=S) groups is 1. The van der Waals surface area contributed by atoms with Gasteiger partial charge < -0.3 is 24.4 Å². The summed E-state index contributed by atoms with van der Waals surface area (Å²) < 4.78 is 17.3. The summed E-state index contributed by atoms with van der Waals surface area (Å²) in [6.45, 7) is 8.81. The molecule has 1 aliphatic heterocycles. The SMILES string of the molecule is CCOc1ccc(CCNC(=S)N(C[C@H]2CC=CCC2)C[C@H]2CCCO2)cc1OCC. The van der Waals surface area contributed by atoms with E-state index in [4.69, 9.17) is 26.4 Å². The minimum atomic E-state index is 0.304. The maximum atomic E-state index is 5.89. The fourth-order valence-electron chi connectivity index (χ4n) is 4.28. The van der Waals surface area contributed by atoms with Crippen molar-refractivity contribution in [2.24, 2.45) is 5.92 Å². The van der Waals surface area contributed by atoms with Crippen LogP contribution in [0.5, 0.6) is 11.5 Å². The summed E-state index contributed by atoms with van der Waals surface area (Å²) in [6, 6.07) is 6.19. The summed E-state index contributed by atoms with van der Waals surface area (Å²) in [4.78, 5) is 2.35. The van der Waals surface area contributed by atoms with E-state index in [2.05, 4.69) is 34.5 Å². The van der Waals surface area contributed by atoms with Crippen molar-refractivity contribution >= 4 is 17.3 Å². The molecule has 1 aromatic rings. The first-order valence-corrected chi connectivity index (χ1v) is 12.3. The van der Waals surface area contributed by atoms with Gasteiger partial charge in [-0.2, -0.15) is 0 Å². The Morgan fingerprint density at radius 1 is 1.13 bits per heavy atom. The standard InChI is InChI=1S/C25H38N2O3S/c1-3-28-23-13-12-20(17-24(23)29-4-2)14-15-26-25(31)27(19-22-11-8-16-30-22)18-21-9-6-5-7-10-21/h5-6,12-13,17,21-22H,3-4,7-11,14-16,18-19H2,1-2H3,(H,26,31)/t21-,22+/m0/s1. The molecule has 1 aliphatic carbocycles. The van der Waals surface area contributed by atoms with E-state index in [1.807, 2.05) is 19.9 Å². The summed E-state index contributed by atoms with van der Waals surface area (Å²) in [5, 5.41) is 4.35. The van der Waals surface area contributed by atoms with E-state index in [1.165, 1.54) is 18.4 Å². The van der Waals surface area contributed by atoms with Gasteiger partial charge in [0, 0.05) is 26.2 Å². The van der Waals surface area contributed by atoms with Gasteiger partial charge in [0.15, 0.2) is 16.6 Å². The van der Waals surface area contributed by atoms with E-state index < -0.39 is 0 Å². The van der Waals surface area contributed by atoms with Gasteiger partial charge in [0.25, 0.3) is 0 Å². The van der Waals surface area contributed by atoms with Crippen molar-refractivity contribution in [3.05, 3.63) is 35.9 Å². The van der Waals surface area contributed by atoms with Gasteiger partial charge in [0.2, 0.25) is 0 Å². The Labute approximate surface area is 193 Å². The number of nitrogens with one attached hydrogen (secondary N) is 1. The lowest BCUT2D eigenvalue weighted by atomic mass is 9.94. The third-order valence-corrected chi connectivity index (χ3v) is 6.29. The Hall–Kier alpha value is -1.79. The molecular weight excluding hydrogens is 408 g/mol. The molecule has 31 heavy (non-hydrogen) atoms. The molecule has 3 rings (SSSR count). The van der Waals surface area contributed by atoms with Crippen molar-refractivity contribution in [3.63, 3.8) is 0 Å². The normalized spacial score (nSPS) is 20.5. The van der Waals surface area contributed by atoms with Crippen LogP contribution in [0.25, 0.3) is 0 Å². The predicted octanol–water partition coefficient (Wildman–Crippen LogP) is 4.74. The first kappa shape index (κ1) is 23.9. The molecule has 5 nitrogen and oxygen atoms in total. The second-order valence-electron chi connectivity index (χ2n) is 8.32. The molecule has 6 heteroatoms. The summed E-state index contributed by atoms with van der Waals surface area (Å²) in [7, 11) is 0. The fraction of sp³-hybridized carbons (Fsp3) is 0.640. The summed E-state index contributed by atoms with van der Waals surface area (Å²) in [6.07, 6.45) is 11.7. The highest BCUT2D eigenvalue weighted by Gasteiger charge is 2.23. The fourth-order valence-corrected chi connectivity index (χ4v) is 4.54. The van der Waals surface area contributed by atoms with Crippen molar-refractivity contribution < 1.29 is 14.2 Å². The zero-order valence-corrected chi connectivity index (χ0v) is 19.9. The Morgan fingerprint density at radius 2 is 1.97 bits per heavy atom. The number of ether oxygens (including phenoxy) is 3. The average Bonchev–Trinajstić information content (AvgIpc) is 3.29. The molecule has 1 aromatic carbocycles. The van der Waals surface area contributed by atoms with Gasteiger partial charge in [-0.25, -0.2) is 0 Å². The first-order valence-electron chi connectivity index (χ1n) is 11.9. The molecule has 0 radical (unpaired) electrons. The van der Waals surface area contributed by atoms with Crippen LogP contribution in [0, 0.1) is 5.92 Å². The quantitative estimate of drug-likeness (QED) is 0.391. The molecular formula is C25H38N2O3S. The average molecular weight is 447 g/mol. The van der Waals surface area contributed by atoms with E-state index in [-0.39, 0.29) is 0 Å². The lowest BCUT2D eigenvalue weighted by molar-refractivity contribution is 0.0874. The zero-order chi connectivity index (χ0) is 21.9. The monoisotopic (exact) mass is 446 g/mol. The third-order valence-electron chi connectivity index (χ3n) is 5.89. The highest BCUT2D eigenvalue weighted by Crippen LogP contribution is 2.28. The van der Waals surface area contributed by atoms with E-state index in [0.717, 1.165) is 68.5 Å². The Bertz CT molecular complexity index is 719. The maximum Gasteiger partial charge on any atom is 0.169 e. The molecule has 0 bridgehead atoms. The van der Waals surface area contributed by atoms with Crippen molar-refractivity contribution in [1.82, 2.24) is 10.2 Å². The number of nitrogens with zero attached hydrogens (tertiary/aromatic N) is 1. The first-order chi connectivity index (χ1) is 15.2. The van der Waals surface area contributed by atoms with Crippen LogP contribution >= 0.6 is 12.2 Å². The summed E-state index contributed by atoms with van der Waals surface area (Å²) in [5.41, 5.74) is 1.21. The van der Waals surface area contributed by atoms with Gasteiger partial charge in [0.05, 0.1) is 19.3 Å². The highest BCUT2D eigenvalue weighted by molar-refractivity contribution is 7.80. The molecule has 2 atom stereocenters. The molecule has 1 heterocycles. The Morgan fingerprint density at radius 3 is 2.68 bits per heavy atom. The van der Waals surface area contributed by atoms with E-state index >= 15 is 0 Å². The molecule has 0 amide bonds. The van der Waals surface area contributed by atoms with Gasteiger partial charge in [-0.3, -0.25) is 0 Å². The zero-order valence-electron chi connectivity index (χ0n) is 19.1. The molecule has 0 unspecified atom stereocenters. The number of allylic oxidation sites excluding steroid dienone is 2. The van der Waals surface area contributed by atoms with Crippen LogP contribution in [-0.4, -0.2) is 55.6 Å². The lowest BCUT2D eigenvalue weighted by Gasteiger charge is -2.32. The maximum absolute atomic E-state index is 5.89. The number of benzene rings is 1. The van der Waals surface area contributed by atoms with Crippen LogP contribution in [0.15, 0.2) is 30.4 Å². The van der Waals surface area contributed by atoms with E-state index in [1.54, 1.807) is 0 Å². The molecule has 0 aromatic heterocycles. The van der Waals surface area contributed by atoms with Crippen LogP contribution < -0.4 is 14.8 Å². The molecule has 1 saturated heterocycles. The summed E-state index contributed by atoms with van der Waals surface area (Å²) >= 11 is 5.81. The van der Waals surface area contributed by atoms with Crippen LogP contribution in [0.2, 0.25) is 0 Å². The second kappa shape index (κ2) is 12.9. The number of hydrogen-bond donors (Lipinski definition) is 1. The smallest absolute Gasteiger partial charge is 0.169 e. The molecule has 1 N–H and O–H groups in total. The minimum Gasteiger partial charge on any atom is -0.490 e. The van der Waals surface area contributed by atoms with Crippen LogP contribution in [0.1, 0.15) is 51.5 Å². The van der Waals surface area contributed by atoms with Gasteiger partial charge >= 0.3 is 0 Å². The van der Waals surface area contributed by atoms with Crippen molar-refractivity contribution in [2.75, 3.05) is 39.5 Å². The van der Waals surface area contributed by atoms with E-state index in [0.29, 0.717) is 25.2 Å². The topological polar surface area (TPSA) is 43.0 Å². The van der Waals surface area contributed by atoms with Gasteiger partial charge in [-0.05, 0) is 88.2 Å². The molecule has 2 aliphatic rings. The van der Waals surface area contributed by atoms with Gasteiger partial charge in [-0.1, -0.05) is 18.2 Å². The molecule has 172 valence electrons. The molecule has 0 saturated carbocycles. The number of hydrogen-bond acceptors (Lipinski definition) is 4. The number of rotatable bonds is 11. The largest absolute Gasteiger partial charge is 0.490 e. The van der Waals surface area contributed by atoms with Crippen molar-refractivity contribution in [1.29, 1.82) is 0 Å². The van der Waals surface area contributed by atoms with Gasteiger partial charge in [-0.15, -0.1) is 0 Å². The lowest BCUT2D eigenvalue weighted by Crippen LogP contribution is -2.46. The van der Waals surface area contributed by atoms with Gasteiger partial charge in [0.1, 0.15) is 0 Å². The predicted molar refractivity (Wildman–Crippen MR) is 130 cm³/mol. The Kier molecular flexibility index (Phi) is 9.94.